The number of ether oxygens (including phenoxy) is 1. The molecule has 0 unspecified atom stereocenters. The zero-order valence-electron chi connectivity index (χ0n) is 11.9. The first-order valence-electron chi connectivity index (χ1n) is 6.86. The lowest BCUT2D eigenvalue weighted by Crippen LogP contribution is -2.09. The average molecular weight is 269 g/mol. The van der Waals surface area contributed by atoms with Gasteiger partial charge < -0.3 is 10.1 Å². The van der Waals surface area contributed by atoms with Gasteiger partial charge in [0.15, 0.2) is 0 Å². The summed E-state index contributed by atoms with van der Waals surface area (Å²) in [4.78, 5) is 4.30. The SMILES string of the molecule is CC(C)OCCCNc1cc(C#N)nc2ccccc12. The second-order valence-electron chi connectivity index (χ2n) is 4.88. The highest BCUT2D eigenvalue weighted by Crippen LogP contribution is 2.22. The van der Waals surface area contributed by atoms with Crippen LogP contribution in [0.2, 0.25) is 0 Å². The molecule has 0 aliphatic heterocycles. The molecule has 0 saturated heterocycles. The van der Waals surface area contributed by atoms with Gasteiger partial charge in [-0.2, -0.15) is 5.26 Å². The van der Waals surface area contributed by atoms with Gasteiger partial charge in [0.1, 0.15) is 11.8 Å². The number of rotatable bonds is 6. The van der Waals surface area contributed by atoms with Gasteiger partial charge in [0.05, 0.1) is 11.6 Å². The third-order valence-electron chi connectivity index (χ3n) is 2.92. The summed E-state index contributed by atoms with van der Waals surface area (Å²) in [6.45, 7) is 5.61. The molecule has 0 bridgehead atoms. The minimum Gasteiger partial charge on any atom is -0.384 e. The summed E-state index contributed by atoms with van der Waals surface area (Å²) in [6.07, 6.45) is 1.19. The Morgan fingerprint density at radius 1 is 1.35 bits per heavy atom. The van der Waals surface area contributed by atoms with Gasteiger partial charge in [-0.3, -0.25) is 0 Å². The summed E-state index contributed by atoms with van der Waals surface area (Å²) in [6, 6.07) is 11.7. The molecule has 0 fully saturated rings. The number of hydrogen-bond acceptors (Lipinski definition) is 4. The Bertz CT molecular complexity index is 617. The van der Waals surface area contributed by atoms with Gasteiger partial charge in [-0.15, -0.1) is 0 Å². The number of nitriles is 1. The molecular formula is C16H19N3O. The summed E-state index contributed by atoms with van der Waals surface area (Å²) in [5, 5.41) is 13.4. The first kappa shape index (κ1) is 14.3. The second-order valence-corrected chi connectivity index (χ2v) is 4.88. The predicted molar refractivity (Wildman–Crippen MR) is 80.7 cm³/mol. The van der Waals surface area contributed by atoms with E-state index >= 15 is 0 Å². The van der Waals surface area contributed by atoms with Crippen molar-refractivity contribution in [2.45, 2.75) is 26.4 Å². The Balaban J connectivity index is 2.07. The zero-order chi connectivity index (χ0) is 14.4. The number of nitrogens with one attached hydrogen (secondary N) is 1. The van der Waals surface area contributed by atoms with Crippen LogP contribution in [0.25, 0.3) is 10.9 Å². The molecule has 1 heterocycles. The number of fused-ring (bicyclic) bond motifs is 1. The molecule has 0 spiro atoms. The molecule has 0 saturated carbocycles. The summed E-state index contributed by atoms with van der Waals surface area (Å²) in [5.41, 5.74) is 2.23. The molecule has 1 N–H and O–H groups in total. The van der Waals surface area contributed by atoms with E-state index in [4.69, 9.17) is 10.00 Å². The molecule has 20 heavy (non-hydrogen) atoms. The van der Waals surface area contributed by atoms with Crippen LogP contribution < -0.4 is 5.32 Å². The largest absolute Gasteiger partial charge is 0.384 e. The van der Waals surface area contributed by atoms with E-state index in [1.54, 1.807) is 6.07 Å². The van der Waals surface area contributed by atoms with Crippen LogP contribution in [0.5, 0.6) is 0 Å². The van der Waals surface area contributed by atoms with Crippen molar-refractivity contribution in [1.82, 2.24) is 4.98 Å². The minimum absolute atomic E-state index is 0.266. The maximum absolute atomic E-state index is 9.03. The topological polar surface area (TPSA) is 57.9 Å². The quantitative estimate of drug-likeness (QED) is 0.817. The van der Waals surface area contributed by atoms with Crippen molar-refractivity contribution >= 4 is 16.6 Å². The van der Waals surface area contributed by atoms with E-state index < -0.39 is 0 Å². The van der Waals surface area contributed by atoms with E-state index in [2.05, 4.69) is 16.4 Å². The third-order valence-corrected chi connectivity index (χ3v) is 2.92. The van der Waals surface area contributed by atoms with Crippen LogP contribution >= 0.6 is 0 Å². The monoisotopic (exact) mass is 269 g/mol. The number of benzene rings is 1. The van der Waals surface area contributed by atoms with Gasteiger partial charge in [-0.05, 0) is 32.4 Å². The van der Waals surface area contributed by atoms with E-state index in [9.17, 15) is 0 Å². The van der Waals surface area contributed by atoms with Gasteiger partial charge >= 0.3 is 0 Å². The minimum atomic E-state index is 0.266. The molecule has 0 radical (unpaired) electrons. The molecular weight excluding hydrogens is 250 g/mol. The summed E-state index contributed by atoms with van der Waals surface area (Å²) in [7, 11) is 0. The standard InChI is InChI=1S/C16H19N3O/c1-12(2)20-9-5-8-18-16-10-13(11-17)19-15-7-4-3-6-14(15)16/h3-4,6-7,10,12H,5,8-9H2,1-2H3,(H,18,19). The summed E-state index contributed by atoms with van der Waals surface area (Å²) in [5.74, 6) is 0. The summed E-state index contributed by atoms with van der Waals surface area (Å²) < 4.78 is 5.51. The van der Waals surface area contributed by atoms with Crippen LogP contribution in [0.4, 0.5) is 5.69 Å². The number of pyridine rings is 1. The highest BCUT2D eigenvalue weighted by atomic mass is 16.5. The fraction of sp³-hybridized carbons (Fsp3) is 0.375. The van der Waals surface area contributed by atoms with Gasteiger partial charge in [0, 0.05) is 24.2 Å². The van der Waals surface area contributed by atoms with Crippen LogP contribution in [0.15, 0.2) is 30.3 Å². The maximum Gasteiger partial charge on any atom is 0.143 e. The molecule has 1 aromatic carbocycles. The number of para-hydroxylation sites is 1. The van der Waals surface area contributed by atoms with Crippen LogP contribution in [0.3, 0.4) is 0 Å². The Morgan fingerprint density at radius 2 is 2.15 bits per heavy atom. The summed E-state index contributed by atoms with van der Waals surface area (Å²) >= 11 is 0. The lowest BCUT2D eigenvalue weighted by Gasteiger charge is -2.11. The van der Waals surface area contributed by atoms with Crippen LogP contribution in [-0.4, -0.2) is 24.2 Å². The molecule has 0 amide bonds. The van der Waals surface area contributed by atoms with Crippen molar-refractivity contribution in [1.29, 1.82) is 5.26 Å². The van der Waals surface area contributed by atoms with Crippen LogP contribution in [0.1, 0.15) is 26.0 Å². The molecule has 4 heteroatoms. The lowest BCUT2D eigenvalue weighted by molar-refractivity contribution is 0.0787. The molecule has 2 rings (SSSR count). The van der Waals surface area contributed by atoms with Gasteiger partial charge in [0.2, 0.25) is 0 Å². The first-order valence-corrected chi connectivity index (χ1v) is 6.86. The van der Waals surface area contributed by atoms with E-state index in [1.807, 2.05) is 38.1 Å². The highest BCUT2D eigenvalue weighted by Gasteiger charge is 2.04. The van der Waals surface area contributed by atoms with Crippen molar-refractivity contribution in [3.05, 3.63) is 36.0 Å². The lowest BCUT2D eigenvalue weighted by atomic mass is 10.1. The van der Waals surface area contributed by atoms with Crippen LogP contribution in [0, 0.1) is 11.3 Å². The Morgan fingerprint density at radius 3 is 2.90 bits per heavy atom. The molecule has 4 nitrogen and oxygen atoms in total. The van der Waals surface area contributed by atoms with Crippen molar-refractivity contribution in [2.75, 3.05) is 18.5 Å². The smallest absolute Gasteiger partial charge is 0.143 e. The molecule has 0 atom stereocenters. The van der Waals surface area contributed by atoms with E-state index in [-0.39, 0.29) is 6.10 Å². The van der Waals surface area contributed by atoms with Crippen molar-refractivity contribution in [3.8, 4) is 6.07 Å². The number of anilines is 1. The van der Waals surface area contributed by atoms with Crippen LogP contribution in [-0.2, 0) is 4.74 Å². The van der Waals surface area contributed by atoms with Crippen molar-refractivity contribution in [2.24, 2.45) is 0 Å². The highest BCUT2D eigenvalue weighted by molar-refractivity contribution is 5.91. The Kier molecular flexibility index (Phi) is 4.91. The van der Waals surface area contributed by atoms with E-state index in [0.29, 0.717) is 5.69 Å². The van der Waals surface area contributed by atoms with E-state index in [1.165, 1.54) is 0 Å². The van der Waals surface area contributed by atoms with Gasteiger partial charge in [-0.25, -0.2) is 4.98 Å². The normalized spacial score (nSPS) is 10.7. The Labute approximate surface area is 119 Å². The Hall–Kier alpha value is -2.12. The zero-order valence-corrected chi connectivity index (χ0v) is 11.9. The molecule has 104 valence electrons. The first-order chi connectivity index (χ1) is 9.70. The van der Waals surface area contributed by atoms with Gasteiger partial charge in [-0.1, -0.05) is 18.2 Å². The third kappa shape index (κ3) is 3.69. The molecule has 2 aromatic rings. The fourth-order valence-corrected chi connectivity index (χ4v) is 1.99. The van der Waals surface area contributed by atoms with Gasteiger partial charge in [0.25, 0.3) is 0 Å². The van der Waals surface area contributed by atoms with Crippen molar-refractivity contribution in [3.63, 3.8) is 0 Å². The average Bonchev–Trinajstić information content (AvgIpc) is 2.46. The number of hydrogen-bond donors (Lipinski definition) is 1. The maximum atomic E-state index is 9.03. The van der Waals surface area contributed by atoms with Crippen molar-refractivity contribution < 1.29 is 4.74 Å². The molecule has 0 aliphatic rings. The second kappa shape index (κ2) is 6.88. The number of aromatic nitrogens is 1. The molecule has 1 aromatic heterocycles. The number of nitrogens with zero attached hydrogens (tertiary/aromatic N) is 2. The molecule has 0 aliphatic carbocycles. The predicted octanol–water partition coefficient (Wildman–Crippen LogP) is 3.33. The van der Waals surface area contributed by atoms with E-state index in [0.717, 1.165) is 36.2 Å². The fourth-order valence-electron chi connectivity index (χ4n) is 1.99.